The second kappa shape index (κ2) is 6.54. The van der Waals surface area contributed by atoms with Crippen LogP contribution in [-0.4, -0.2) is 29.2 Å². The molecule has 1 aromatic carbocycles. The summed E-state index contributed by atoms with van der Waals surface area (Å²) >= 11 is 5.81. The van der Waals surface area contributed by atoms with Crippen LogP contribution in [0.25, 0.3) is 0 Å². The van der Waals surface area contributed by atoms with Gasteiger partial charge in [0.15, 0.2) is 0 Å². The maximum absolute atomic E-state index is 12.3. The number of nitrogens with one attached hydrogen (secondary N) is 1. The van der Waals surface area contributed by atoms with Crippen molar-refractivity contribution in [2.45, 2.75) is 19.4 Å². The molecule has 5 nitrogen and oxygen atoms in total. The summed E-state index contributed by atoms with van der Waals surface area (Å²) in [4.78, 5) is 37.7. The first-order valence-corrected chi connectivity index (χ1v) is 7.95. The maximum atomic E-state index is 12.3. The molecule has 6 heteroatoms. The van der Waals surface area contributed by atoms with E-state index in [9.17, 15) is 14.4 Å². The van der Waals surface area contributed by atoms with E-state index in [4.69, 9.17) is 11.6 Å². The summed E-state index contributed by atoms with van der Waals surface area (Å²) in [6.07, 6.45) is 5.02. The van der Waals surface area contributed by atoms with Crippen LogP contribution in [0.15, 0.2) is 36.4 Å². The number of rotatable bonds is 4. The number of likely N-dealkylation sites (tertiary alicyclic amines) is 1. The molecule has 23 heavy (non-hydrogen) atoms. The van der Waals surface area contributed by atoms with E-state index in [1.54, 1.807) is 12.1 Å². The van der Waals surface area contributed by atoms with Crippen LogP contribution in [0.3, 0.4) is 0 Å². The van der Waals surface area contributed by atoms with E-state index in [1.807, 2.05) is 24.3 Å². The molecule has 0 aromatic heterocycles. The van der Waals surface area contributed by atoms with Crippen molar-refractivity contribution >= 4 is 29.3 Å². The molecule has 120 valence electrons. The minimum Gasteiger partial charge on any atom is -0.350 e. The molecular weight excluding hydrogens is 316 g/mol. The van der Waals surface area contributed by atoms with E-state index in [0.29, 0.717) is 24.4 Å². The molecule has 0 unspecified atom stereocenters. The molecule has 0 spiro atoms. The number of hydrogen-bond donors (Lipinski definition) is 1. The molecule has 3 amide bonds. The summed E-state index contributed by atoms with van der Waals surface area (Å²) in [5, 5.41) is 3.35. The Balaban J connectivity index is 1.56. The molecule has 1 fully saturated rings. The maximum Gasteiger partial charge on any atom is 0.240 e. The third-order valence-electron chi connectivity index (χ3n) is 4.30. The van der Waals surface area contributed by atoms with Gasteiger partial charge in [-0.15, -0.1) is 0 Å². The Labute approximate surface area is 139 Å². The van der Waals surface area contributed by atoms with Crippen molar-refractivity contribution in [3.8, 4) is 0 Å². The normalized spacial score (nSPS) is 23.1. The molecule has 3 rings (SSSR count). The van der Waals surface area contributed by atoms with Gasteiger partial charge in [-0.25, -0.2) is 0 Å². The van der Waals surface area contributed by atoms with Gasteiger partial charge in [0.1, 0.15) is 6.54 Å². The van der Waals surface area contributed by atoms with Crippen molar-refractivity contribution in [1.82, 2.24) is 10.2 Å². The van der Waals surface area contributed by atoms with Gasteiger partial charge < -0.3 is 5.32 Å². The summed E-state index contributed by atoms with van der Waals surface area (Å²) in [6.45, 7) is 0.124. The Morgan fingerprint density at radius 1 is 1.09 bits per heavy atom. The van der Waals surface area contributed by atoms with Crippen LogP contribution in [0.2, 0.25) is 5.02 Å². The molecule has 1 aliphatic carbocycles. The summed E-state index contributed by atoms with van der Waals surface area (Å²) in [7, 11) is 0. The van der Waals surface area contributed by atoms with Crippen molar-refractivity contribution in [3.63, 3.8) is 0 Å². The monoisotopic (exact) mass is 332 g/mol. The molecular formula is C17H17ClN2O3. The summed E-state index contributed by atoms with van der Waals surface area (Å²) in [5.41, 5.74) is 0.902. The fourth-order valence-corrected chi connectivity index (χ4v) is 3.15. The molecule has 0 bridgehead atoms. The van der Waals surface area contributed by atoms with Gasteiger partial charge >= 0.3 is 0 Å². The lowest BCUT2D eigenvalue weighted by molar-refractivity contribution is -0.143. The standard InChI is InChI=1S/C17H17ClN2O3/c18-12-7-5-11(6-8-12)9-19-15(21)10-20-16(22)13-3-1-2-4-14(13)17(20)23/h1-2,5-8,13-14H,3-4,9-10H2,(H,19,21)/t13-,14-/m0/s1. The molecule has 1 aliphatic heterocycles. The number of allylic oxidation sites excluding steroid dienone is 2. The zero-order valence-corrected chi connectivity index (χ0v) is 13.3. The molecule has 1 saturated heterocycles. The van der Waals surface area contributed by atoms with E-state index < -0.39 is 0 Å². The zero-order chi connectivity index (χ0) is 16.4. The Bertz CT molecular complexity index is 643. The Kier molecular flexibility index (Phi) is 4.48. The molecule has 1 heterocycles. The van der Waals surface area contributed by atoms with E-state index >= 15 is 0 Å². The summed E-state index contributed by atoms with van der Waals surface area (Å²) in [5.74, 6) is -1.39. The van der Waals surface area contributed by atoms with E-state index in [2.05, 4.69) is 5.32 Å². The number of halogens is 1. The lowest BCUT2D eigenvalue weighted by Crippen LogP contribution is -2.40. The first kappa shape index (κ1) is 15.7. The number of amides is 3. The molecule has 2 atom stereocenters. The zero-order valence-electron chi connectivity index (χ0n) is 12.5. The van der Waals surface area contributed by atoms with Gasteiger partial charge in [-0.05, 0) is 30.5 Å². The van der Waals surface area contributed by atoms with Gasteiger partial charge in [0.05, 0.1) is 11.8 Å². The minimum atomic E-state index is -0.340. The lowest BCUT2D eigenvalue weighted by atomic mass is 9.85. The molecule has 0 saturated carbocycles. The van der Waals surface area contributed by atoms with Gasteiger partial charge in [0, 0.05) is 11.6 Å². The number of nitrogens with zero attached hydrogens (tertiary/aromatic N) is 1. The number of carbonyl (C=O) groups excluding carboxylic acids is 3. The second-order valence-corrected chi connectivity index (χ2v) is 6.26. The smallest absolute Gasteiger partial charge is 0.240 e. The van der Waals surface area contributed by atoms with E-state index in [-0.39, 0.29) is 36.1 Å². The Morgan fingerprint density at radius 2 is 1.65 bits per heavy atom. The molecule has 2 aliphatic rings. The predicted octanol–water partition coefficient (Wildman–Crippen LogP) is 1.91. The van der Waals surface area contributed by atoms with Crippen molar-refractivity contribution in [2.24, 2.45) is 11.8 Å². The predicted molar refractivity (Wildman–Crippen MR) is 85.4 cm³/mol. The number of benzene rings is 1. The van der Waals surface area contributed by atoms with Crippen molar-refractivity contribution in [3.05, 3.63) is 47.0 Å². The SMILES string of the molecule is O=C(CN1C(=O)[C@H]2CC=CC[C@@H]2C1=O)NCc1ccc(Cl)cc1. The van der Waals surface area contributed by atoms with Crippen molar-refractivity contribution in [1.29, 1.82) is 0 Å². The Hall–Kier alpha value is -2.14. The van der Waals surface area contributed by atoms with Crippen LogP contribution in [0.5, 0.6) is 0 Å². The third-order valence-corrected chi connectivity index (χ3v) is 4.56. The quantitative estimate of drug-likeness (QED) is 0.676. The van der Waals surface area contributed by atoms with Gasteiger partial charge in [-0.1, -0.05) is 35.9 Å². The van der Waals surface area contributed by atoms with Gasteiger partial charge in [0.2, 0.25) is 17.7 Å². The highest BCUT2D eigenvalue weighted by molar-refractivity contribution is 6.30. The van der Waals surface area contributed by atoms with Crippen molar-refractivity contribution in [2.75, 3.05) is 6.54 Å². The van der Waals surface area contributed by atoms with Crippen LogP contribution in [0.1, 0.15) is 18.4 Å². The number of hydrogen-bond acceptors (Lipinski definition) is 3. The highest BCUT2D eigenvalue weighted by atomic mass is 35.5. The van der Waals surface area contributed by atoms with Crippen LogP contribution < -0.4 is 5.32 Å². The number of imide groups is 1. The number of fused-ring (bicyclic) bond motifs is 1. The highest BCUT2D eigenvalue weighted by Crippen LogP contribution is 2.34. The lowest BCUT2D eigenvalue weighted by Gasteiger charge is -2.14. The average molecular weight is 333 g/mol. The van der Waals surface area contributed by atoms with Crippen LogP contribution in [0.4, 0.5) is 0 Å². The van der Waals surface area contributed by atoms with Crippen LogP contribution >= 0.6 is 11.6 Å². The fraction of sp³-hybridized carbons (Fsp3) is 0.353. The van der Waals surface area contributed by atoms with Crippen molar-refractivity contribution < 1.29 is 14.4 Å². The van der Waals surface area contributed by atoms with Gasteiger partial charge in [-0.3, -0.25) is 19.3 Å². The molecule has 1 aromatic rings. The topological polar surface area (TPSA) is 66.5 Å². The summed E-state index contributed by atoms with van der Waals surface area (Å²) < 4.78 is 0. The Morgan fingerprint density at radius 3 is 2.22 bits per heavy atom. The van der Waals surface area contributed by atoms with E-state index in [0.717, 1.165) is 10.5 Å². The average Bonchev–Trinajstić information content (AvgIpc) is 2.80. The number of carbonyl (C=O) groups is 3. The van der Waals surface area contributed by atoms with E-state index in [1.165, 1.54) is 0 Å². The van der Waals surface area contributed by atoms with Crippen LogP contribution in [0, 0.1) is 11.8 Å². The largest absolute Gasteiger partial charge is 0.350 e. The fourth-order valence-electron chi connectivity index (χ4n) is 3.03. The van der Waals surface area contributed by atoms with Gasteiger partial charge in [0.25, 0.3) is 0 Å². The first-order chi connectivity index (χ1) is 11.1. The highest BCUT2D eigenvalue weighted by Gasteiger charge is 2.47. The summed E-state index contributed by atoms with van der Waals surface area (Å²) in [6, 6.07) is 7.12. The third kappa shape index (κ3) is 3.29. The second-order valence-electron chi connectivity index (χ2n) is 5.82. The first-order valence-electron chi connectivity index (χ1n) is 7.57. The van der Waals surface area contributed by atoms with Crippen LogP contribution in [-0.2, 0) is 20.9 Å². The molecule has 1 N–H and O–H groups in total. The minimum absolute atomic E-state index is 0.210. The molecule has 0 radical (unpaired) electrons. The van der Waals surface area contributed by atoms with Gasteiger partial charge in [-0.2, -0.15) is 0 Å².